The molecule has 2 aromatic rings. The van der Waals surface area contributed by atoms with Crippen molar-refractivity contribution in [3.05, 3.63) is 51.7 Å². The minimum absolute atomic E-state index is 0.155. The molecule has 0 bridgehead atoms. The number of nitrogens with one attached hydrogen (secondary N) is 1. The number of halogens is 2. The van der Waals surface area contributed by atoms with Crippen LogP contribution in [0.25, 0.3) is 0 Å². The third-order valence-corrected chi connectivity index (χ3v) is 4.07. The van der Waals surface area contributed by atoms with Crippen molar-refractivity contribution in [3.8, 4) is 11.5 Å². The molecule has 0 radical (unpaired) electrons. The first-order valence-electron chi connectivity index (χ1n) is 7.52. The van der Waals surface area contributed by atoms with E-state index in [2.05, 4.69) is 21.2 Å². The minimum atomic E-state index is -0.691. The molecule has 0 unspecified atom stereocenters. The summed E-state index contributed by atoms with van der Waals surface area (Å²) in [4.78, 5) is 26.3. The molecule has 0 heterocycles. The van der Waals surface area contributed by atoms with Crippen molar-refractivity contribution in [2.75, 3.05) is 33.6 Å². The van der Waals surface area contributed by atoms with Crippen molar-refractivity contribution in [1.29, 1.82) is 0 Å². The number of rotatable bonds is 5. The van der Waals surface area contributed by atoms with Crippen LogP contribution in [0.4, 0.5) is 10.1 Å². The summed E-state index contributed by atoms with van der Waals surface area (Å²) in [6, 6.07) is 6.96. The van der Waals surface area contributed by atoms with Crippen LogP contribution in [0.1, 0.15) is 20.7 Å². The van der Waals surface area contributed by atoms with E-state index in [4.69, 9.17) is 9.47 Å². The lowest BCUT2D eigenvalue weighted by atomic mass is 10.1. The van der Waals surface area contributed by atoms with Gasteiger partial charge >= 0.3 is 0 Å². The van der Waals surface area contributed by atoms with Crippen molar-refractivity contribution in [1.82, 2.24) is 4.90 Å². The molecule has 0 spiro atoms. The average molecular weight is 425 g/mol. The van der Waals surface area contributed by atoms with Crippen molar-refractivity contribution in [2.45, 2.75) is 0 Å². The van der Waals surface area contributed by atoms with Crippen LogP contribution in [0.15, 0.2) is 34.8 Å². The van der Waals surface area contributed by atoms with Crippen LogP contribution < -0.4 is 14.8 Å². The highest BCUT2D eigenvalue weighted by molar-refractivity contribution is 9.10. The van der Waals surface area contributed by atoms with Gasteiger partial charge in [0.25, 0.3) is 11.8 Å². The lowest BCUT2D eigenvalue weighted by Crippen LogP contribution is -2.24. The lowest BCUT2D eigenvalue weighted by molar-refractivity contribution is 0.0828. The lowest BCUT2D eigenvalue weighted by Gasteiger charge is -2.18. The first-order chi connectivity index (χ1) is 12.3. The van der Waals surface area contributed by atoms with E-state index < -0.39 is 11.7 Å². The Morgan fingerprint density at radius 3 is 2.23 bits per heavy atom. The average Bonchev–Trinajstić information content (AvgIpc) is 2.62. The second kappa shape index (κ2) is 8.18. The Hall–Kier alpha value is -2.61. The molecule has 0 saturated heterocycles. The number of benzene rings is 2. The van der Waals surface area contributed by atoms with Crippen molar-refractivity contribution in [3.63, 3.8) is 0 Å². The predicted molar refractivity (Wildman–Crippen MR) is 99.6 cm³/mol. The van der Waals surface area contributed by atoms with Crippen LogP contribution in [-0.4, -0.2) is 45.0 Å². The third-order valence-electron chi connectivity index (χ3n) is 3.58. The van der Waals surface area contributed by atoms with E-state index in [1.165, 1.54) is 49.5 Å². The van der Waals surface area contributed by atoms with E-state index >= 15 is 0 Å². The molecule has 0 saturated carbocycles. The molecule has 0 atom stereocenters. The quantitative estimate of drug-likeness (QED) is 0.796. The van der Waals surface area contributed by atoms with Crippen LogP contribution in [0.5, 0.6) is 11.5 Å². The summed E-state index contributed by atoms with van der Waals surface area (Å²) in [6.45, 7) is 0. The molecule has 2 amide bonds. The van der Waals surface area contributed by atoms with Gasteiger partial charge < -0.3 is 19.7 Å². The minimum Gasteiger partial charge on any atom is -0.493 e. The van der Waals surface area contributed by atoms with Gasteiger partial charge in [-0.3, -0.25) is 9.59 Å². The Bertz CT molecular complexity index is 855. The summed E-state index contributed by atoms with van der Waals surface area (Å²) in [5.41, 5.74) is 0.222. The Kier molecular flexibility index (Phi) is 6.20. The van der Waals surface area contributed by atoms with Crippen LogP contribution >= 0.6 is 15.9 Å². The van der Waals surface area contributed by atoms with Crippen molar-refractivity contribution >= 4 is 33.4 Å². The number of hydrogen-bond donors (Lipinski definition) is 1. The molecule has 138 valence electrons. The second-order valence-electron chi connectivity index (χ2n) is 5.53. The predicted octanol–water partition coefficient (Wildman–Crippen LogP) is 3.56. The van der Waals surface area contributed by atoms with Gasteiger partial charge in [-0.05, 0) is 24.3 Å². The summed E-state index contributed by atoms with van der Waals surface area (Å²) in [6.07, 6.45) is 0. The molecule has 0 aliphatic carbocycles. The van der Waals surface area contributed by atoms with Crippen molar-refractivity contribution < 1.29 is 23.5 Å². The molecule has 0 aliphatic rings. The Morgan fingerprint density at radius 1 is 1.04 bits per heavy atom. The van der Waals surface area contributed by atoms with Gasteiger partial charge in [0, 0.05) is 24.6 Å². The zero-order valence-corrected chi connectivity index (χ0v) is 16.3. The van der Waals surface area contributed by atoms with Gasteiger partial charge in [-0.1, -0.05) is 15.9 Å². The molecule has 2 rings (SSSR count). The molecular formula is C18H18BrFN2O4. The zero-order chi connectivity index (χ0) is 19.4. The Balaban J connectivity index is 2.51. The fourth-order valence-corrected chi connectivity index (χ4v) is 2.62. The van der Waals surface area contributed by atoms with E-state index in [1.807, 2.05) is 0 Å². The molecule has 0 fully saturated rings. The maximum Gasteiger partial charge on any atom is 0.258 e. The summed E-state index contributed by atoms with van der Waals surface area (Å²) >= 11 is 3.20. The van der Waals surface area contributed by atoms with Crippen LogP contribution in [0.2, 0.25) is 0 Å². The molecule has 6 nitrogen and oxygen atoms in total. The molecule has 0 aliphatic heterocycles. The number of methoxy groups -OCH3 is 2. The maximum absolute atomic E-state index is 14.0. The Morgan fingerprint density at radius 2 is 1.65 bits per heavy atom. The highest BCUT2D eigenvalue weighted by Crippen LogP contribution is 2.34. The van der Waals surface area contributed by atoms with Gasteiger partial charge in [-0.25, -0.2) is 4.39 Å². The SMILES string of the molecule is COc1cc(NC(=O)c2cc(Br)ccc2F)c(C(=O)N(C)C)cc1OC. The van der Waals surface area contributed by atoms with E-state index in [0.29, 0.717) is 16.0 Å². The summed E-state index contributed by atoms with van der Waals surface area (Å²) in [5.74, 6) is -1.05. The van der Waals surface area contributed by atoms with E-state index in [9.17, 15) is 14.0 Å². The highest BCUT2D eigenvalue weighted by Gasteiger charge is 2.21. The summed E-state index contributed by atoms with van der Waals surface area (Å²) in [7, 11) is 6.04. The first kappa shape index (κ1) is 19.7. The number of anilines is 1. The van der Waals surface area contributed by atoms with Crippen LogP contribution in [0, 0.1) is 5.82 Å². The number of amides is 2. The monoisotopic (exact) mass is 424 g/mol. The molecule has 1 N–H and O–H groups in total. The van der Waals surface area contributed by atoms with Gasteiger partial charge in [0.05, 0.1) is 31.0 Å². The van der Waals surface area contributed by atoms with Crippen molar-refractivity contribution in [2.24, 2.45) is 0 Å². The highest BCUT2D eigenvalue weighted by atomic mass is 79.9. The topological polar surface area (TPSA) is 67.9 Å². The normalized spacial score (nSPS) is 10.2. The van der Waals surface area contributed by atoms with Gasteiger partial charge in [-0.2, -0.15) is 0 Å². The smallest absolute Gasteiger partial charge is 0.258 e. The fraction of sp³-hybridized carbons (Fsp3) is 0.222. The summed E-state index contributed by atoms with van der Waals surface area (Å²) < 4.78 is 25.0. The van der Waals surface area contributed by atoms with Gasteiger partial charge in [0.15, 0.2) is 11.5 Å². The van der Waals surface area contributed by atoms with Crippen LogP contribution in [0.3, 0.4) is 0 Å². The molecule has 8 heteroatoms. The molecule has 0 aromatic heterocycles. The fourth-order valence-electron chi connectivity index (χ4n) is 2.26. The van der Waals surface area contributed by atoms with Gasteiger partial charge in [0.1, 0.15) is 5.82 Å². The Labute approximate surface area is 159 Å². The number of ether oxygens (including phenoxy) is 2. The number of hydrogen-bond acceptors (Lipinski definition) is 4. The van der Waals surface area contributed by atoms with Gasteiger partial charge in [0.2, 0.25) is 0 Å². The molecule has 2 aromatic carbocycles. The van der Waals surface area contributed by atoms with E-state index in [-0.39, 0.29) is 22.7 Å². The third kappa shape index (κ3) is 4.13. The zero-order valence-electron chi connectivity index (χ0n) is 14.7. The first-order valence-corrected chi connectivity index (χ1v) is 8.31. The largest absolute Gasteiger partial charge is 0.493 e. The maximum atomic E-state index is 14.0. The van der Waals surface area contributed by atoms with Crippen LogP contribution in [-0.2, 0) is 0 Å². The number of carbonyl (C=O) groups is 2. The van der Waals surface area contributed by atoms with Gasteiger partial charge in [-0.15, -0.1) is 0 Å². The molecular weight excluding hydrogens is 407 g/mol. The second-order valence-corrected chi connectivity index (χ2v) is 6.45. The molecule has 26 heavy (non-hydrogen) atoms. The van der Waals surface area contributed by atoms with E-state index in [1.54, 1.807) is 14.1 Å². The van der Waals surface area contributed by atoms with E-state index in [0.717, 1.165) is 0 Å². The standard InChI is InChI=1S/C18H18BrFN2O4/c1-22(2)18(24)12-8-15(25-3)16(26-4)9-14(12)21-17(23)11-7-10(19)5-6-13(11)20/h5-9H,1-4H3,(H,21,23). The number of nitrogens with zero attached hydrogens (tertiary/aromatic N) is 1. The summed E-state index contributed by atoms with van der Waals surface area (Å²) in [5, 5.41) is 2.57. The number of carbonyl (C=O) groups excluding carboxylic acids is 2.